The number of rotatable bonds is 12. The number of nitrogens with one attached hydrogen (secondary N) is 2. The fourth-order valence-corrected chi connectivity index (χ4v) is 2.81. The Morgan fingerprint density at radius 2 is 1.68 bits per heavy atom. The van der Waals surface area contributed by atoms with E-state index in [9.17, 15) is 14.4 Å². The summed E-state index contributed by atoms with van der Waals surface area (Å²) in [6.07, 6.45) is 1.68. The van der Waals surface area contributed by atoms with Gasteiger partial charge < -0.3 is 20.3 Å². The van der Waals surface area contributed by atoms with Gasteiger partial charge in [-0.25, -0.2) is 0 Å². The molecule has 31 heavy (non-hydrogen) atoms. The zero-order valence-corrected chi connectivity index (χ0v) is 18.2. The van der Waals surface area contributed by atoms with Crippen molar-refractivity contribution in [3.05, 3.63) is 65.7 Å². The van der Waals surface area contributed by atoms with Gasteiger partial charge in [0.2, 0.25) is 17.7 Å². The summed E-state index contributed by atoms with van der Waals surface area (Å²) in [5, 5.41) is 5.30. The molecule has 3 amide bonds. The van der Waals surface area contributed by atoms with Gasteiger partial charge in [-0.05, 0) is 31.0 Å². The highest BCUT2D eigenvalue weighted by Gasteiger charge is 2.17. The smallest absolute Gasteiger partial charge is 0.249 e. The first kappa shape index (κ1) is 24.1. The molecule has 0 aliphatic rings. The van der Waals surface area contributed by atoms with Crippen LogP contribution in [0.2, 0.25) is 0 Å². The maximum Gasteiger partial charge on any atom is 0.249 e. The van der Waals surface area contributed by atoms with E-state index in [1.165, 1.54) is 4.90 Å². The number of ether oxygens (including phenoxy) is 1. The lowest BCUT2D eigenvalue weighted by Crippen LogP contribution is -2.44. The standard InChI is InChI=1S/C24H31N3O4/c1-3-4-14-27(24(30)18-31-17-20-8-6-5-7-9-20)16-23(29)25-15-22(28)26-21-12-10-19(2)11-13-21/h5-13H,3-4,14-18H2,1-2H3,(H,25,29)(H,26,28). The molecule has 0 radical (unpaired) electrons. The molecule has 0 aliphatic heterocycles. The monoisotopic (exact) mass is 425 g/mol. The molecule has 2 rings (SSSR count). The number of carbonyl (C=O) groups excluding carboxylic acids is 3. The van der Waals surface area contributed by atoms with Gasteiger partial charge in [0.1, 0.15) is 6.61 Å². The number of aryl methyl sites for hydroxylation is 1. The average Bonchev–Trinajstić information content (AvgIpc) is 2.77. The number of hydrogen-bond acceptors (Lipinski definition) is 4. The van der Waals surface area contributed by atoms with Crippen LogP contribution < -0.4 is 10.6 Å². The lowest BCUT2D eigenvalue weighted by molar-refractivity contribution is -0.140. The number of nitrogens with zero attached hydrogens (tertiary/aromatic N) is 1. The predicted octanol–water partition coefficient (Wildman–Crippen LogP) is 2.90. The van der Waals surface area contributed by atoms with Gasteiger partial charge in [0.25, 0.3) is 0 Å². The highest BCUT2D eigenvalue weighted by Crippen LogP contribution is 2.08. The van der Waals surface area contributed by atoms with Crippen molar-refractivity contribution in [2.24, 2.45) is 0 Å². The first-order valence-electron chi connectivity index (χ1n) is 10.5. The summed E-state index contributed by atoms with van der Waals surface area (Å²) in [5.74, 6) is -0.954. The number of amides is 3. The van der Waals surface area contributed by atoms with Gasteiger partial charge in [-0.15, -0.1) is 0 Å². The van der Waals surface area contributed by atoms with Crippen molar-refractivity contribution < 1.29 is 19.1 Å². The van der Waals surface area contributed by atoms with Crippen molar-refractivity contribution in [2.75, 3.05) is 31.6 Å². The minimum absolute atomic E-state index is 0.0974. The van der Waals surface area contributed by atoms with Crippen molar-refractivity contribution in [3.63, 3.8) is 0 Å². The minimum Gasteiger partial charge on any atom is -0.367 e. The molecule has 0 fully saturated rings. The normalized spacial score (nSPS) is 10.4. The molecule has 0 heterocycles. The number of hydrogen-bond donors (Lipinski definition) is 2. The molecule has 2 aromatic carbocycles. The molecule has 0 saturated carbocycles. The molecule has 0 bridgehead atoms. The topological polar surface area (TPSA) is 87.7 Å². The molecule has 166 valence electrons. The van der Waals surface area contributed by atoms with Crippen molar-refractivity contribution in [1.29, 1.82) is 0 Å². The average molecular weight is 426 g/mol. The van der Waals surface area contributed by atoms with Crippen molar-refractivity contribution in [3.8, 4) is 0 Å². The number of unbranched alkanes of at least 4 members (excludes halogenated alkanes) is 1. The van der Waals surface area contributed by atoms with Crippen LogP contribution in [0.15, 0.2) is 54.6 Å². The van der Waals surface area contributed by atoms with Gasteiger partial charge in [0.05, 0.1) is 19.7 Å². The second-order valence-electron chi connectivity index (χ2n) is 7.34. The van der Waals surface area contributed by atoms with Crippen LogP contribution in [0, 0.1) is 6.92 Å². The van der Waals surface area contributed by atoms with Crippen LogP contribution in [0.1, 0.15) is 30.9 Å². The first-order valence-corrected chi connectivity index (χ1v) is 10.5. The fraction of sp³-hybridized carbons (Fsp3) is 0.375. The van der Waals surface area contributed by atoms with Gasteiger partial charge in [-0.2, -0.15) is 0 Å². The first-order chi connectivity index (χ1) is 15.0. The van der Waals surface area contributed by atoms with Gasteiger partial charge in [-0.1, -0.05) is 61.4 Å². The number of anilines is 1. The molecule has 0 spiro atoms. The lowest BCUT2D eigenvalue weighted by atomic mass is 10.2. The van der Waals surface area contributed by atoms with Gasteiger partial charge in [0, 0.05) is 12.2 Å². The maximum atomic E-state index is 12.5. The molecule has 0 saturated heterocycles. The van der Waals surface area contributed by atoms with Crippen molar-refractivity contribution in [2.45, 2.75) is 33.3 Å². The number of carbonyl (C=O) groups is 3. The number of benzene rings is 2. The van der Waals surface area contributed by atoms with E-state index in [1.807, 2.05) is 56.3 Å². The predicted molar refractivity (Wildman–Crippen MR) is 120 cm³/mol. The summed E-state index contributed by atoms with van der Waals surface area (Å²) in [4.78, 5) is 38.3. The molecule has 7 heteroatoms. The zero-order valence-electron chi connectivity index (χ0n) is 18.2. The Labute approximate surface area is 183 Å². The third kappa shape index (κ3) is 9.44. The highest BCUT2D eigenvalue weighted by atomic mass is 16.5. The Kier molecular flexibility index (Phi) is 10.2. The van der Waals surface area contributed by atoms with E-state index in [0.29, 0.717) is 18.8 Å². The third-order valence-electron chi connectivity index (χ3n) is 4.59. The Balaban J connectivity index is 1.77. The zero-order chi connectivity index (χ0) is 22.5. The summed E-state index contributed by atoms with van der Waals surface area (Å²) in [6.45, 7) is 4.42. The molecule has 0 aromatic heterocycles. The van der Waals surface area contributed by atoms with Crippen LogP contribution in [-0.2, 0) is 25.7 Å². The van der Waals surface area contributed by atoms with Crippen LogP contribution >= 0.6 is 0 Å². The Hall–Kier alpha value is -3.19. The van der Waals surface area contributed by atoms with E-state index >= 15 is 0 Å². The van der Waals surface area contributed by atoms with Crippen LogP contribution in [0.25, 0.3) is 0 Å². The van der Waals surface area contributed by atoms with E-state index in [-0.39, 0.29) is 37.4 Å². The largest absolute Gasteiger partial charge is 0.367 e. The van der Waals surface area contributed by atoms with Crippen LogP contribution in [0.4, 0.5) is 5.69 Å². The summed E-state index contributed by atoms with van der Waals surface area (Å²) >= 11 is 0. The highest BCUT2D eigenvalue weighted by molar-refractivity contribution is 5.95. The minimum atomic E-state index is -0.383. The second-order valence-corrected chi connectivity index (χ2v) is 7.34. The SMILES string of the molecule is CCCCN(CC(=O)NCC(=O)Nc1ccc(C)cc1)C(=O)COCc1ccccc1. The lowest BCUT2D eigenvalue weighted by Gasteiger charge is -2.22. The molecule has 2 N–H and O–H groups in total. The molecule has 7 nitrogen and oxygen atoms in total. The Morgan fingerprint density at radius 3 is 2.35 bits per heavy atom. The van der Waals surface area contributed by atoms with Crippen LogP contribution in [0.5, 0.6) is 0 Å². The summed E-state index contributed by atoms with van der Waals surface area (Å²) in [6, 6.07) is 17.0. The molecule has 0 unspecified atom stereocenters. The van der Waals surface area contributed by atoms with Gasteiger partial charge >= 0.3 is 0 Å². The van der Waals surface area contributed by atoms with E-state index in [1.54, 1.807) is 12.1 Å². The quantitative estimate of drug-likeness (QED) is 0.547. The maximum absolute atomic E-state index is 12.5. The Bertz CT molecular complexity index is 838. The summed E-state index contributed by atoms with van der Waals surface area (Å²) in [5.41, 5.74) is 2.74. The van der Waals surface area contributed by atoms with Gasteiger partial charge in [-0.3, -0.25) is 14.4 Å². The van der Waals surface area contributed by atoms with E-state index < -0.39 is 0 Å². The van der Waals surface area contributed by atoms with Crippen molar-refractivity contribution >= 4 is 23.4 Å². The van der Waals surface area contributed by atoms with E-state index in [4.69, 9.17) is 4.74 Å². The van der Waals surface area contributed by atoms with Crippen LogP contribution in [-0.4, -0.2) is 48.9 Å². The van der Waals surface area contributed by atoms with E-state index in [2.05, 4.69) is 10.6 Å². The van der Waals surface area contributed by atoms with Crippen LogP contribution in [0.3, 0.4) is 0 Å². The third-order valence-corrected chi connectivity index (χ3v) is 4.59. The van der Waals surface area contributed by atoms with E-state index in [0.717, 1.165) is 24.0 Å². The molecule has 0 aliphatic carbocycles. The van der Waals surface area contributed by atoms with Gasteiger partial charge in [0.15, 0.2) is 0 Å². The molecule has 0 atom stereocenters. The summed E-state index contributed by atoms with van der Waals surface area (Å²) in [7, 11) is 0. The van der Waals surface area contributed by atoms with Crippen molar-refractivity contribution in [1.82, 2.24) is 10.2 Å². The molecular formula is C24H31N3O4. The molecular weight excluding hydrogens is 394 g/mol. The molecule has 2 aromatic rings. The Morgan fingerprint density at radius 1 is 0.968 bits per heavy atom. The second kappa shape index (κ2) is 13.2. The summed E-state index contributed by atoms with van der Waals surface area (Å²) < 4.78 is 5.51. The fourth-order valence-electron chi connectivity index (χ4n) is 2.81.